The lowest BCUT2D eigenvalue weighted by atomic mass is 9.80. The lowest BCUT2D eigenvalue weighted by Crippen LogP contribution is -2.02. The lowest BCUT2D eigenvalue weighted by Gasteiger charge is -2.23. The van der Waals surface area contributed by atoms with Crippen molar-refractivity contribution in [3.8, 4) is 22.3 Å². The van der Waals surface area contributed by atoms with Crippen molar-refractivity contribution in [2.24, 2.45) is 0 Å². The standard InChI is InChI=1S/C50H32O2/c1-2-14-31(15-3-1)32-16-12-18-34(28-32)46-37-21-4-6-23-39(37)47(40-24-7-5-22-38(40)46)35-19-13-17-33(29-35)42-30-43-36-20-8-10-26-44(36)51-50(43)48-41-25-9-11-27-45(41)52-49(42)48/h1-27,29-30,32H,28H2. The summed E-state index contributed by atoms with van der Waals surface area (Å²) in [7, 11) is 0. The second-order valence-corrected chi connectivity index (χ2v) is 13.9. The van der Waals surface area contributed by atoms with Gasteiger partial charge in [-0.3, -0.25) is 0 Å². The number of rotatable bonds is 4. The summed E-state index contributed by atoms with van der Waals surface area (Å²) in [5.74, 6) is 0.342. The van der Waals surface area contributed by atoms with Crippen LogP contribution in [-0.4, -0.2) is 0 Å². The third-order valence-corrected chi connectivity index (χ3v) is 11.0. The van der Waals surface area contributed by atoms with Crippen molar-refractivity contribution >= 4 is 71.0 Å². The Kier molecular flexibility index (Phi) is 6.41. The molecule has 0 amide bonds. The van der Waals surface area contributed by atoms with Crippen LogP contribution in [0, 0.1) is 0 Å². The van der Waals surface area contributed by atoms with E-state index in [1.54, 1.807) is 0 Å². The minimum absolute atomic E-state index is 0.342. The van der Waals surface area contributed by atoms with Crippen LogP contribution in [0.15, 0.2) is 185 Å². The van der Waals surface area contributed by atoms with Crippen LogP contribution in [0.4, 0.5) is 0 Å². The molecule has 0 fully saturated rings. The van der Waals surface area contributed by atoms with Gasteiger partial charge in [0.25, 0.3) is 0 Å². The average molecular weight is 665 g/mol. The number of hydrogen-bond acceptors (Lipinski definition) is 2. The Labute approximate surface area is 300 Å². The molecule has 0 N–H and O–H groups in total. The molecule has 244 valence electrons. The van der Waals surface area contributed by atoms with Crippen LogP contribution < -0.4 is 0 Å². The first-order chi connectivity index (χ1) is 25.8. The van der Waals surface area contributed by atoms with Crippen molar-refractivity contribution in [3.63, 3.8) is 0 Å². The number of fused-ring (bicyclic) bond motifs is 9. The molecule has 2 aromatic heterocycles. The Morgan fingerprint density at radius 2 is 1.02 bits per heavy atom. The van der Waals surface area contributed by atoms with E-state index in [-0.39, 0.29) is 0 Å². The first-order valence-corrected chi connectivity index (χ1v) is 18.0. The molecule has 1 aliphatic rings. The Bertz CT molecular complexity index is 3040. The molecule has 52 heavy (non-hydrogen) atoms. The molecule has 11 rings (SSSR count). The van der Waals surface area contributed by atoms with Crippen LogP contribution in [0.5, 0.6) is 0 Å². The quantitative estimate of drug-likeness (QED) is 0.175. The molecule has 1 unspecified atom stereocenters. The van der Waals surface area contributed by atoms with Crippen molar-refractivity contribution in [1.29, 1.82) is 0 Å². The fourth-order valence-electron chi connectivity index (χ4n) is 8.70. The molecule has 2 nitrogen and oxygen atoms in total. The van der Waals surface area contributed by atoms with E-state index in [1.807, 2.05) is 24.3 Å². The first kappa shape index (κ1) is 29.1. The SMILES string of the molecule is C1=CC(c2ccccc2)CC(c2c3ccccc3c(-c3cccc(-c4cc5c6ccccc6oc5c5c4oc4ccccc45)c3)c3ccccc23)=C1. The predicted molar refractivity (Wildman–Crippen MR) is 218 cm³/mol. The zero-order valence-corrected chi connectivity index (χ0v) is 28.3. The Morgan fingerprint density at radius 1 is 0.442 bits per heavy atom. The second-order valence-electron chi connectivity index (χ2n) is 13.9. The highest BCUT2D eigenvalue weighted by Gasteiger charge is 2.23. The molecular formula is C50H32O2. The molecule has 8 aromatic carbocycles. The molecule has 1 aliphatic carbocycles. The van der Waals surface area contributed by atoms with Gasteiger partial charge < -0.3 is 8.83 Å². The summed E-state index contributed by atoms with van der Waals surface area (Å²) in [5.41, 5.74) is 12.1. The summed E-state index contributed by atoms with van der Waals surface area (Å²) >= 11 is 0. The summed E-state index contributed by atoms with van der Waals surface area (Å²) in [4.78, 5) is 0. The minimum Gasteiger partial charge on any atom is -0.455 e. The van der Waals surface area contributed by atoms with Crippen molar-refractivity contribution < 1.29 is 8.83 Å². The van der Waals surface area contributed by atoms with Gasteiger partial charge in [0.15, 0.2) is 0 Å². The van der Waals surface area contributed by atoms with Crippen LogP contribution in [0.2, 0.25) is 0 Å². The summed E-state index contributed by atoms with van der Waals surface area (Å²) < 4.78 is 13.2. The van der Waals surface area contributed by atoms with E-state index in [0.29, 0.717) is 5.92 Å². The van der Waals surface area contributed by atoms with Crippen LogP contribution >= 0.6 is 0 Å². The lowest BCUT2D eigenvalue weighted by molar-refractivity contribution is 0.663. The van der Waals surface area contributed by atoms with Crippen LogP contribution in [0.3, 0.4) is 0 Å². The zero-order valence-electron chi connectivity index (χ0n) is 28.3. The summed E-state index contributed by atoms with van der Waals surface area (Å²) in [6, 6.07) is 56.6. The predicted octanol–water partition coefficient (Wildman–Crippen LogP) is 14.3. The number of allylic oxidation sites excluding steroid dienone is 4. The largest absolute Gasteiger partial charge is 0.455 e. The maximum absolute atomic E-state index is 6.68. The fraction of sp³-hybridized carbons (Fsp3) is 0.0400. The summed E-state index contributed by atoms with van der Waals surface area (Å²) in [6.07, 6.45) is 7.87. The first-order valence-electron chi connectivity index (χ1n) is 18.0. The van der Waals surface area contributed by atoms with E-state index >= 15 is 0 Å². The number of furan rings is 2. The third-order valence-electron chi connectivity index (χ3n) is 11.0. The van der Waals surface area contributed by atoms with E-state index in [1.165, 1.54) is 49.4 Å². The van der Waals surface area contributed by atoms with Gasteiger partial charge >= 0.3 is 0 Å². The maximum atomic E-state index is 6.68. The summed E-state index contributed by atoms with van der Waals surface area (Å²) in [6.45, 7) is 0. The normalized spacial score (nSPS) is 14.7. The van der Waals surface area contributed by atoms with Crippen molar-refractivity contribution in [2.45, 2.75) is 12.3 Å². The second kappa shape index (κ2) is 11.4. The van der Waals surface area contributed by atoms with E-state index in [0.717, 1.165) is 61.4 Å². The maximum Gasteiger partial charge on any atom is 0.147 e. The summed E-state index contributed by atoms with van der Waals surface area (Å²) in [5, 5.41) is 9.36. The number of hydrogen-bond donors (Lipinski definition) is 0. The van der Waals surface area contributed by atoms with Crippen LogP contribution in [0.1, 0.15) is 23.5 Å². The number of para-hydroxylation sites is 2. The zero-order chi connectivity index (χ0) is 34.2. The Hall–Kier alpha value is -6.64. The van der Waals surface area contributed by atoms with Gasteiger partial charge in [-0.05, 0) is 85.6 Å². The fourth-order valence-corrected chi connectivity index (χ4v) is 8.70. The highest BCUT2D eigenvalue weighted by atomic mass is 16.3. The van der Waals surface area contributed by atoms with Crippen LogP contribution in [0.25, 0.3) is 93.2 Å². The Morgan fingerprint density at radius 3 is 1.75 bits per heavy atom. The van der Waals surface area contributed by atoms with Gasteiger partial charge in [0.05, 0.1) is 5.39 Å². The highest BCUT2D eigenvalue weighted by molar-refractivity contribution is 6.25. The molecule has 0 aliphatic heterocycles. The highest BCUT2D eigenvalue weighted by Crippen LogP contribution is 2.47. The van der Waals surface area contributed by atoms with Gasteiger partial charge in [0.2, 0.25) is 0 Å². The Balaban J connectivity index is 1.14. The molecule has 0 saturated carbocycles. The van der Waals surface area contributed by atoms with E-state index in [2.05, 4.69) is 152 Å². The average Bonchev–Trinajstić information content (AvgIpc) is 3.79. The van der Waals surface area contributed by atoms with Gasteiger partial charge in [0.1, 0.15) is 22.3 Å². The monoisotopic (exact) mass is 664 g/mol. The minimum atomic E-state index is 0.342. The molecule has 0 radical (unpaired) electrons. The molecule has 0 saturated heterocycles. The topological polar surface area (TPSA) is 26.3 Å². The van der Waals surface area contributed by atoms with E-state index in [9.17, 15) is 0 Å². The molecule has 0 spiro atoms. The molecule has 1 atom stereocenters. The van der Waals surface area contributed by atoms with Gasteiger partial charge in [-0.1, -0.05) is 152 Å². The molecular weight excluding hydrogens is 633 g/mol. The molecule has 0 bridgehead atoms. The van der Waals surface area contributed by atoms with Crippen molar-refractivity contribution in [2.75, 3.05) is 0 Å². The van der Waals surface area contributed by atoms with Gasteiger partial charge in [-0.2, -0.15) is 0 Å². The molecule has 2 heteroatoms. The van der Waals surface area contributed by atoms with Crippen molar-refractivity contribution in [1.82, 2.24) is 0 Å². The van der Waals surface area contributed by atoms with Gasteiger partial charge in [-0.15, -0.1) is 0 Å². The van der Waals surface area contributed by atoms with Gasteiger partial charge in [0, 0.05) is 27.6 Å². The smallest absolute Gasteiger partial charge is 0.147 e. The van der Waals surface area contributed by atoms with Gasteiger partial charge in [-0.25, -0.2) is 0 Å². The van der Waals surface area contributed by atoms with E-state index < -0.39 is 0 Å². The van der Waals surface area contributed by atoms with Crippen LogP contribution in [-0.2, 0) is 0 Å². The van der Waals surface area contributed by atoms with E-state index in [4.69, 9.17) is 8.83 Å². The van der Waals surface area contributed by atoms with Crippen molar-refractivity contribution in [3.05, 3.63) is 187 Å². The molecule has 10 aromatic rings. The molecule has 2 heterocycles. The number of benzene rings is 8. The third kappa shape index (κ3) is 4.37.